The molecule has 0 bridgehead atoms. The molecular weight excluding hydrogens is 342 g/mol. The van der Waals surface area contributed by atoms with E-state index in [9.17, 15) is 18.0 Å². The number of rotatable bonds is 4. The maximum atomic E-state index is 12.3. The van der Waals surface area contributed by atoms with Crippen LogP contribution in [0.2, 0.25) is 0 Å². The van der Waals surface area contributed by atoms with Gasteiger partial charge in [-0.25, -0.2) is 13.1 Å². The topological polar surface area (TPSA) is 95.6 Å². The van der Waals surface area contributed by atoms with Crippen LogP contribution in [0.3, 0.4) is 0 Å². The molecular formula is C17H25N3O4S. The van der Waals surface area contributed by atoms with E-state index < -0.39 is 15.6 Å². The summed E-state index contributed by atoms with van der Waals surface area (Å²) >= 11 is 0. The quantitative estimate of drug-likeness (QED) is 0.833. The minimum absolute atomic E-state index is 0.00217. The van der Waals surface area contributed by atoms with Crippen LogP contribution >= 0.6 is 0 Å². The lowest BCUT2D eigenvalue weighted by atomic mass is 10.1. The Kier molecular flexibility index (Phi) is 5.53. The van der Waals surface area contributed by atoms with Crippen molar-refractivity contribution in [3.8, 4) is 0 Å². The normalized spacial score (nSPS) is 18.2. The van der Waals surface area contributed by atoms with Crippen LogP contribution in [0.1, 0.15) is 44.5 Å². The van der Waals surface area contributed by atoms with E-state index in [4.69, 9.17) is 0 Å². The predicted molar refractivity (Wildman–Crippen MR) is 94.6 cm³/mol. The Balaban J connectivity index is 2.02. The summed E-state index contributed by atoms with van der Waals surface area (Å²) in [5.74, 6) is -0.277. The fourth-order valence-corrected chi connectivity index (χ4v) is 4.10. The summed E-state index contributed by atoms with van der Waals surface area (Å²) in [6.45, 7) is 7.93. The molecule has 1 aromatic rings. The third-order valence-electron chi connectivity index (χ3n) is 3.84. The second-order valence-corrected chi connectivity index (χ2v) is 8.99. The smallest absolute Gasteiger partial charge is 0.251 e. The Morgan fingerprint density at radius 3 is 2.24 bits per heavy atom. The van der Waals surface area contributed by atoms with Crippen molar-refractivity contribution in [1.29, 1.82) is 0 Å². The van der Waals surface area contributed by atoms with Gasteiger partial charge >= 0.3 is 0 Å². The van der Waals surface area contributed by atoms with Gasteiger partial charge in [0, 0.05) is 37.2 Å². The summed E-state index contributed by atoms with van der Waals surface area (Å²) in [4.78, 5) is 25.4. The van der Waals surface area contributed by atoms with Gasteiger partial charge in [0.25, 0.3) is 5.91 Å². The van der Waals surface area contributed by atoms with Crippen LogP contribution in [0, 0.1) is 0 Å². The number of nitrogens with zero attached hydrogens (tertiary/aromatic N) is 1. The van der Waals surface area contributed by atoms with Crippen LogP contribution in [-0.2, 0) is 14.8 Å². The Bertz CT molecular complexity index is 751. The molecule has 7 nitrogen and oxygen atoms in total. The minimum atomic E-state index is -3.63. The Labute approximate surface area is 148 Å². The van der Waals surface area contributed by atoms with Gasteiger partial charge in [-0.05, 0) is 51.5 Å². The molecule has 0 saturated carbocycles. The number of benzene rings is 1. The van der Waals surface area contributed by atoms with E-state index in [1.165, 1.54) is 31.2 Å². The molecule has 1 aliphatic heterocycles. The van der Waals surface area contributed by atoms with Crippen LogP contribution in [0.4, 0.5) is 0 Å². The molecule has 0 spiro atoms. The molecule has 1 saturated heterocycles. The number of nitrogens with one attached hydrogen (secondary N) is 2. The number of carbonyl (C=O) groups is 2. The Morgan fingerprint density at radius 2 is 1.76 bits per heavy atom. The van der Waals surface area contributed by atoms with E-state index in [0.29, 0.717) is 25.1 Å². The molecule has 8 heteroatoms. The van der Waals surface area contributed by atoms with Crippen LogP contribution in [0.15, 0.2) is 29.2 Å². The molecule has 25 heavy (non-hydrogen) atoms. The van der Waals surface area contributed by atoms with E-state index in [1.54, 1.807) is 25.7 Å². The van der Waals surface area contributed by atoms with Crippen molar-refractivity contribution in [3.05, 3.63) is 29.8 Å². The molecule has 2 rings (SSSR count). The average Bonchev–Trinajstić information content (AvgIpc) is 2.93. The average molecular weight is 367 g/mol. The van der Waals surface area contributed by atoms with Gasteiger partial charge in [-0.1, -0.05) is 0 Å². The predicted octanol–water partition coefficient (Wildman–Crippen LogP) is 1.11. The zero-order valence-corrected chi connectivity index (χ0v) is 15.8. The maximum Gasteiger partial charge on any atom is 0.251 e. The van der Waals surface area contributed by atoms with Gasteiger partial charge in [0.2, 0.25) is 15.9 Å². The molecule has 138 valence electrons. The van der Waals surface area contributed by atoms with Crippen molar-refractivity contribution in [2.24, 2.45) is 0 Å². The first-order chi connectivity index (χ1) is 11.5. The number of sulfonamides is 1. The minimum Gasteiger partial charge on any atom is -0.347 e. The van der Waals surface area contributed by atoms with Gasteiger partial charge in [-0.15, -0.1) is 0 Å². The summed E-state index contributed by atoms with van der Waals surface area (Å²) in [7, 11) is -3.63. The van der Waals surface area contributed by atoms with Gasteiger partial charge < -0.3 is 10.2 Å². The van der Waals surface area contributed by atoms with Crippen LogP contribution in [0.25, 0.3) is 0 Å². The highest BCUT2D eigenvalue weighted by Gasteiger charge is 2.26. The number of carbonyl (C=O) groups excluding carboxylic acids is 2. The molecule has 2 N–H and O–H groups in total. The molecule has 1 unspecified atom stereocenters. The summed E-state index contributed by atoms with van der Waals surface area (Å²) < 4.78 is 27.1. The van der Waals surface area contributed by atoms with Crippen molar-refractivity contribution in [1.82, 2.24) is 14.9 Å². The first-order valence-electron chi connectivity index (χ1n) is 8.18. The molecule has 0 radical (unpaired) electrons. The van der Waals surface area contributed by atoms with Gasteiger partial charge in [0.15, 0.2) is 0 Å². The Morgan fingerprint density at radius 1 is 1.16 bits per heavy atom. The third kappa shape index (κ3) is 5.27. The molecule has 1 atom stereocenters. The monoisotopic (exact) mass is 367 g/mol. The molecule has 1 heterocycles. The van der Waals surface area contributed by atoms with Crippen molar-refractivity contribution in [2.45, 2.75) is 50.6 Å². The van der Waals surface area contributed by atoms with Gasteiger partial charge in [-0.3, -0.25) is 9.59 Å². The fourth-order valence-electron chi connectivity index (χ4n) is 2.68. The Hall–Kier alpha value is -1.93. The summed E-state index contributed by atoms with van der Waals surface area (Å²) in [5.41, 5.74) is -0.198. The first-order valence-corrected chi connectivity index (χ1v) is 9.67. The largest absolute Gasteiger partial charge is 0.347 e. The molecule has 1 aliphatic rings. The van der Waals surface area contributed by atoms with Crippen LogP contribution in [-0.4, -0.2) is 49.8 Å². The number of hydrogen-bond acceptors (Lipinski definition) is 4. The van der Waals surface area contributed by atoms with E-state index >= 15 is 0 Å². The zero-order valence-electron chi connectivity index (χ0n) is 15.0. The van der Waals surface area contributed by atoms with E-state index in [2.05, 4.69) is 10.0 Å². The summed E-state index contributed by atoms with van der Waals surface area (Å²) in [6.07, 6.45) is 0.716. The zero-order chi connectivity index (χ0) is 18.8. The van der Waals surface area contributed by atoms with Crippen LogP contribution < -0.4 is 10.0 Å². The summed E-state index contributed by atoms with van der Waals surface area (Å²) in [6, 6.07) is 5.73. The van der Waals surface area contributed by atoms with Crippen molar-refractivity contribution in [3.63, 3.8) is 0 Å². The second kappa shape index (κ2) is 7.13. The third-order valence-corrected chi connectivity index (χ3v) is 5.61. The highest BCUT2D eigenvalue weighted by Crippen LogP contribution is 2.15. The summed E-state index contributed by atoms with van der Waals surface area (Å²) in [5, 5.41) is 2.88. The van der Waals surface area contributed by atoms with E-state index in [-0.39, 0.29) is 22.8 Å². The SMILES string of the molecule is CC(=O)N1CCC(NC(=O)c2ccc(S(=O)(=O)NC(C)(C)C)cc2)C1. The second-order valence-electron chi connectivity index (χ2n) is 7.30. The highest BCUT2D eigenvalue weighted by molar-refractivity contribution is 7.89. The van der Waals surface area contributed by atoms with E-state index in [0.717, 1.165) is 0 Å². The maximum absolute atomic E-state index is 12.3. The molecule has 0 aliphatic carbocycles. The van der Waals surface area contributed by atoms with Gasteiger partial charge in [0.05, 0.1) is 4.90 Å². The molecule has 2 amide bonds. The molecule has 1 aromatic carbocycles. The van der Waals surface area contributed by atoms with Crippen molar-refractivity contribution >= 4 is 21.8 Å². The standard InChI is InChI=1S/C17H25N3O4S/c1-12(21)20-10-9-14(11-20)18-16(22)13-5-7-15(8-6-13)25(23,24)19-17(2,3)4/h5-8,14,19H,9-11H2,1-4H3,(H,18,22). The lowest BCUT2D eigenvalue weighted by Crippen LogP contribution is -2.40. The lowest BCUT2D eigenvalue weighted by molar-refractivity contribution is -0.127. The van der Waals surface area contributed by atoms with Gasteiger partial charge in [0.1, 0.15) is 0 Å². The number of likely N-dealkylation sites (tertiary alicyclic amines) is 1. The van der Waals surface area contributed by atoms with E-state index in [1.807, 2.05) is 0 Å². The van der Waals surface area contributed by atoms with Crippen molar-refractivity contribution in [2.75, 3.05) is 13.1 Å². The molecule has 1 fully saturated rings. The number of amides is 2. The molecule has 0 aromatic heterocycles. The fraction of sp³-hybridized carbons (Fsp3) is 0.529. The number of hydrogen-bond donors (Lipinski definition) is 2. The first kappa shape index (κ1) is 19.4. The highest BCUT2D eigenvalue weighted by atomic mass is 32.2. The van der Waals surface area contributed by atoms with Gasteiger partial charge in [-0.2, -0.15) is 0 Å². The van der Waals surface area contributed by atoms with Crippen molar-refractivity contribution < 1.29 is 18.0 Å². The lowest BCUT2D eigenvalue weighted by Gasteiger charge is -2.20. The van der Waals surface area contributed by atoms with Crippen LogP contribution in [0.5, 0.6) is 0 Å².